The first-order valence-electron chi connectivity index (χ1n) is 1.05. The minimum Gasteiger partial charge on any atom is -0.780 e. The van der Waals surface area contributed by atoms with Crippen molar-refractivity contribution < 1.29 is 77.6 Å². The monoisotopic (exact) mass is 205 g/mol. The Kier molecular flexibility index (Phi) is 30.0. The van der Waals surface area contributed by atoms with E-state index in [1.165, 1.54) is 5.34 Å². The Bertz CT molecular complexity index is 132. The van der Waals surface area contributed by atoms with Gasteiger partial charge in [-0.2, -0.15) is 0 Å². The third-order valence-corrected chi connectivity index (χ3v) is 0. The van der Waals surface area contributed by atoms with E-state index in [9.17, 15) is 0 Å². The first-order chi connectivity index (χ1) is 3.41. The van der Waals surface area contributed by atoms with Gasteiger partial charge in [0.1, 0.15) is 0 Å². The molecular formula is HNNa2O5S2. The van der Waals surface area contributed by atoms with Gasteiger partial charge < -0.3 is 14.3 Å². The average molecular weight is 205 g/mol. The van der Waals surface area contributed by atoms with Crippen LogP contribution in [-0.2, 0) is 20.2 Å². The molecule has 0 atom stereocenters. The van der Waals surface area contributed by atoms with Gasteiger partial charge in [-0.15, -0.1) is 14.0 Å². The summed E-state index contributed by atoms with van der Waals surface area (Å²) in [6.45, 7) is 0. The van der Waals surface area contributed by atoms with Gasteiger partial charge in [0.05, 0.1) is 0 Å². The van der Waals surface area contributed by atoms with Gasteiger partial charge in [0.15, 0.2) is 5.34 Å². The van der Waals surface area contributed by atoms with E-state index < -0.39 is 9.05 Å². The van der Waals surface area contributed by atoms with Crippen molar-refractivity contribution in [1.29, 1.82) is 0 Å². The summed E-state index contributed by atoms with van der Waals surface area (Å²) in [4.78, 5) is 8.11. The van der Waals surface area contributed by atoms with Gasteiger partial charge >= 0.3 is 59.1 Å². The smallest absolute Gasteiger partial charge is 0.780 e. The van der Waals surface area contributed by atoms with Crippen LogP contribution < -0.4 is 59.1 Å². The third-order valence-electron chi connectivity index (χ3n) is 0. The molecule has 0 rings (SSSR count). The predicted octanol–water partition coefficient (Wildman–Crippen LogP) is -6.86. The molecule has 0 aromatic rings. The Labute approximate surface area is 107 Å². The maximum atomic E-state index is 8.89. The molecule has 0 aliphatic carbocycles. The average Bonchev–Trinajstić information content (AvgIpc) is 1.27. The van der Waals surface area contributed by atoms with Crippen LogP contribution in [0.15, 0.2) is 5.34 Å². The van der Waals surface area contributed by atoms with Crippen LogP contribution in [0, 0.1) is 4.91 Å². The van der Waals surface area contributed by atoms with Crippen molar-refractivity contribution in [2.24, 2.45) is 5.34 Å². The van der Waals surface area contributed by atoms with Gasteiger partial charge in [0.25, 0.3) is 0 Å². The molecule has 0 saturated heterocycles. The molecule has 10 heteroatoms. The van der Waals surface area contributed by atoms with Crippen LogP contribution in [0.5, 0.6) is 0 Å². The van der Waals surface area contributed by atoms with E-state index in [0.717, 1.165) is 0 Å². The summed E-state index contributed by atoms with van der Waals surface area (Å²) in [6.07, 6.45) is 0. The SMILES string of the molecule is O=NO.O=S([O-])([O-])=S.[Na+].[Na+]. The van der Waals surface area contributed by atoms with E-state index in [4.69, 9.17) is 23.4 Å². The van der Waals surface area contributed by atoms with Crippen molar-refractivity contribution in [3.8, 4) is 0 Å². The maximum absolute atomic E-state index is 8.89. The van der Waals surface area contributed by atoms with Gasteiger partial charge in [0, 0.05) is 0 Å². The minimum atomic E-state index is -4.33. The molecular weight excluding hydrogens is 204 g/mol. The zero-order valence-corrected chi connectivity index (χ0v) is 11.0. The molecule has 0 aromatic heterocycles. The molecule has 6 nitrogen and oxygen atoms in total. The summed E-state index contributed by atoms with van der Waals surface area (Å²) < 4.78 is 26.7. The van der Waals surface area contributed by atoms with Crippen molar-refractivity contribution in [1.82, 2.24) is 0 Å². The van der Waals surface area contributed by atoms with Crippen LogP contribution in [0.3, 0.4) is 0 Å². The van der Waals surface area contributed by atoms with Gasteiger partial charge in [-0.25, -0.2) is 0 Å². The Morgan fingerprint density at radius 3 is 1.40 bits per heavy atom. The maximum Gasteiger partial charge on any atom is 1.00 e. The molecule has 0 unspecified atom stereocenters. The fraction of sp³-hybridized carbons (Fsp3) is 0. The summed E-state index contributed by atoms with van der Waals surface area (Å²) in [7, 11) is -4.33. The van der Waals surface area contributed by atoms with Crippen LogP contribution in [0.1, 0.15) is 0 Å². The number of rotatable bonds is 0. The van der Waals surface area contributed by atoms with Gasteiger partial charge in [-0.1, -0.05) is 0 Å². The van der Waals surface area contributed by atoms with Gasteiger partial charge in [-0.05, 0) is 11.2 Å². The molecule has 0 aliphatic rings. The van der Waals surface area contributed by atoms with Gasteiger partial charge in [-0.3, -0.25) is 4.21 Å². The molecule has 10 heavy (non-hydrogen) atoms. The number of hydrogen-bond donors (Lipinski definition) is 1. The van der Waals surface area contributed by atoms with E-state index in [2.05, 4.69) is 11.2 Å². The molecule has 1 N–H and O–H groups in total. The summed E-state index contributed by atoms with van der Waals surface area (Å²) >= 11 is 3.24. The Balaban J connectivity index is -0.0000000326. The second kappa shape index (κ2) is 13.3. The predicted molar refractivity (Wildman–Crippen MR) is 24.6 cm³/mol. The number of hydrogen-bond acceptors (Lipinski definition) is 6. The Hall–Kier alpha value is 1.69. The van der Waals surface area contributed by atoms with Crippen molar-refractivity contribution in [3.63, 3.8) is 0 Å². The third kappa shape index (κ3) is 256. The molecule has 0 heterocycles. The molecule has 50 valence electrons. The summed E-state index contributed by atoms with van der Waals surface area (Å²) in [5.41, 5.74) is 0. The molecule has 0 spiro atoms. The quantitative estimate of drug-likeness (QED) is 0.239. The van der Waals surface area contributed by atoms with Crippen LogP contribution in [0.25, 0.3) is 0 Å². The zero-order valence-electron chi connectivity index (χ0n) is 5.34. The van der Waals surface area contributed by atoms with E-state index >= 15 is 0 Å². The van der Waals surface area contributed by atoms with Crippen molar-refractivity contribution in [2.75, 3.05) is 0 Å². The topological polar surface area (TPSA) is 113 Å². The Morgan fingerprint density at radius 2 is 1.40 bits per heavy atom. The first kappa shape index (κ1) is 22.6. The molecule has 0 amide bonds. The normalized spacial score (nSPS) is 7.00. The van der Waals surface area contributed by atoms with E-state index in [1.54, 1.807) is 0 Å². The molecule has 0 aromatic carbocycles. The second-order valence-corrected chi connectivity index (χ2v) is 2.53. The van der Waals surface area contributed by atoms with Crippen molar-refractivity contribution in [2.45, 2.75) is 0 Å². The number of nitrogens with zero attached hydrogens (tertiary/aromatic N) is 1. The van der Waals surface area contributed by atoms with Crippen LogP contribution in [0.2, 0.25) is 0 Å². The summed E-state index contributed by atoms with van der Waals surface area (Å²) in [5.74, 6) is 0. The van der Waals surface area contributed by atoms with Gasteiger partial charge in [0.2, 0.25) is 0 Å². The van der Waals surface area contributed by atoms with E-state index in [-0.39, 0.29) is 59.1 Å². The minimum absolute atomic E-state index is 0. The summed E-state index contributed by atoms with van der Waals surface area (Å²) in [5, 5.41) is 7.89. The van der Waals surface area contributed by atoms with Crippen molar-refractivity contribution in [3.05, 3.63) is 4.91 Å². The van der Waals surface area contributed by atoms with E-state index in [0.29, 0.717) is 0 Å². The van der Waals surface area contributed by atoms with E-state index in [1.807, 2.05) is 0 Å². The summed E-state index contributed by atoms with van der Waals surface area (Å²) in [6, 6.07) is 0. The Morgan fingerprint density at radius 1 is 1.40 bits per heavy atom. The van der Waals surface area contributed by atoms with Crippen LogP contribution in [-0.4, -0.2) is 18.5 Å². The standard InChI is InChI=1S/HNO2.2Na.H2O3S2/c2-1-3;;;1-5(2,3)4/h(H,2,3);;;(H2,1,2,3,4)/q;2*+1;/p-2. The largest absolute Gasteiger partial charge is 1.00 e. The van der Waals surface area contributed by atoms with Crippen LogP contribution >= 0.6 is 0 Å². The molecule has 0 saturated carbocycles. The first-order valence-corrected chi connectivity index (χ1v) is 3.38. The molecule has 0 radical (unpaired) electrons. The molecule has 0 fully saturated rings. The van der Waals surface area contributed by atoms with Crippen molar-refractivity contribution >= 4 is 20.2 Å². The second-order valence-electron chi connectivity index (χ2n) is 0.490. The zero-order chi connectivity index (χ0) is 7.21. The fourth-order valence-corrected chi connectivity index (χ4v) is 0. The fourth-order valence-electron chi connectivity index (χ4n) is 0. The molecule has 0 aliphatic heterocycles. The molecule has 0 bridgehead atoms. The van der Waals surface area contributed by atoms with Crippen LogP contribution in [0.4, 0.5) is 0 Å².